The third-order valence-electron chi connectivity index (χ3n) is 2.55. The van der Waals surface area contributed by atoms with Crippen LogP contribution in [-0.4, -0.2) is 11.1 Å². The Hall–Kier alpha value is -0.580. The first-order valence-electron chi connectivity index (χ1n) is 5.71. The summed E-state index contributed by atoms with van der Waals surface area (Å²) in [5, 5.41) is 2.18. The van der Waals surface area contributed by atoms with E-state index >= 15 is 0 Å². The van der Waals surface area contributed by atoms with Crippen molar-refractivity contribution in [3.8, 4) is 11.3 Å². The van der Waals surface area contributed by atoms with Crippen LogP contribution >= 0.6 is 27.3 Å². The fraction of sp³-hybridized carbons (Fsp3) is 0.308. The molecule has 1 heterocycles. The zero-order valence-electron chi connectivity index (χ0n) is 10.4. The predicted molar refractivity (Wildman–Crippen MR) is 77.2 cm³/mol. The lowest BCUT2D eigenvalue weighted by atomic mass is 10.2. The summed E-state index contributed by atoms with van der Waals surface area (Å²) < 4.78 is 3.37. The summed E-state index contributed by atoms with van der Waals surface area (Å²) in [6.07, 6.45) is 0. The Balaban J connectivity index is 0.00000162. The minimum Gasteiger partial charge on any atom is -1.00 e. The molecule has 18 heavy (non-hydrogen) atoms. The topological polar surface area (TPSA) is 17.3 Å². The zero-order chi connectivity index (χ0) is 12.3. The molecule has 0 atom stereocenters. The first kappa shape index (κ1) is 15.5. The molecule has 1 aromatic heterocycles. The van der Waals surface area contributed by atoms with Crippen LogP contribution in [0, 0.1) is 0 Å². The molecule has 0 aliphatic rings. The molecular formula is C13H15BrClN2S-. The first-order chi connectivity index (χ1) is 8.26. The number of thiazole rings is 1. The van der Waals surface area contributed by atoms with Gasteiger partial charge in [0.05, 0.1) is 5.69 Å². The first-order valence-corrected chi connectivity index (χ1v) is 7.38. The molecule has 0 aliphatic carbocycles. The summed E-state index contributed by atoms with van der Waals surface area (Å²) in [5.41, 5.74) is 2.49. The van der Waals surface area contributed by atoms with Gasteiger partial charge < -0.3 is 17.0 Å². The number of rotatable bonds is 3. The molecule has 1 aromatic carbocycles. The summed E-state index contributed by atoms with van der Waals surface area (Å²) in [5.74, 6) is 0. The van der Waals surface area contributed by atoms with E-state index in [1.807, 2.05) is 0 Å². The molecule has 0 radical (unpaired) electrons. The van der Waals surface area contributed by atoms with Gasteiger partial charge in [0.25, 0.3) is 0 Å². The van der Waals surface area contributed by atoms with Gasteiger partial charge in [-0.3, -0.25) is 4.99 Å². The Morgan fingerprint density at radius 3 is 2.44 bits per heavy atom. The molecule has 2 rings (SSSR count). The van der Waals surface area contributed by atoms with Crippen LogP contribution in [0.4, 0.5) is 0 Å². The number of hydrogen-bond acceptors (Lipinski definition) is 2. The Morgan fingerprint density at radius 2 is 1.89 bits per heavy atom. The molecule has 0 fully saturated rings. The van der Waals surface area contributed by atoms with E-state index in [0.29, 0.717) is 0 Å². The maximum absolute atomic E-state index is 4.51. The smallest absolute Gasteiger partial charge is 0.185 e. The Bertz CT molecular complexity index is 557. The lowest BCUT2D eigenvalue weighted by Crippen LogP contribution is -3.00. The number of hydrogen-bond donors (Lipinski definition) is 0. The monoisotopic (exact) mass is 345 g/mol. The van der Waals surface area contributed by atoms with Crippen LogP contribution in [0.2, 0.25) is 0 Å². The second-order valence-corrected chi connectivity index (χ2v) is 5.38. The van der Waals surface area contributed by atoms with Gasteiger partial charge in [0.15, 0.2) is 4.80 Å². The predicted octanol–water partition coefficient (Wildman–Crippen LogP) is 0.924. The van der Waals surface area contributed by atoms with Crippen LogP contribution in [0.5, 0.6) is 0 Å². The molecule has 2 aromatic rings. The molecule has 0 saturated heterocycles. The van der Waals surface area contributed by atoms with Crippen molar-refractivity contribution < 1.29 is 12.4 Å². The second-order valence-electron chi connectivity index (χ2n) is 3.63. The van der Waals surface area contributed by atoms with Crippen molar-refractivity contribution >= 4 is 27.3 Å². The summed E-state index contributed by atoms with van der Waals surface area (Å²) in [4.78, 5) is 5.62. The molecule has 5 heteroatoms. The molecule has 0 amide bonds. The lowest BCUT2D eigenvalue weighted by Gasteiger charge is -2.06. The van der Waals surface area contributed by atoms with Crippen LogP contribution < -0.4 is 17.2 Å². The highest BCUT2D eigenvalue weighted by molar-refractivity contribution is 9.10. The summed E-state index contributed by atoms with van der Waals surface area (Å²) >= 11 is 5.17. The van der Waals surface area contributed by atoms with Crippen LogP contribution in [0.1, 0.15) is 13.8 Å². The maximum Gasteiger partial charge on any atom is 0.185 e. The van der Waals surface area contributed by atoms with Crippen molar-refractivity contribution in [3.05, 3.63) is 38.9 Å². The van der Waals surface area contributed by atoms with E-state index < -0.39 is 0 Å². The van der Waals surface area contributed by atoms with Crippen molar-refractivity contribution in [2.24, 2.45) is 4.99 Å². The Labute approximate surface area is 126 Å². The Kier molecular flexibility index (Phi) is 6.12. The SMILES string of the molecule is CCN=c1scc(-c2ccc(Br)cc2)n1CC.[Cl-]. The standard InChI is InChI=1S/C13H15BrN2S.ClH/c1-3-15-13-16(4-2)12(9-17-13)10-5-7-11(14)8-6-10;/h5-9H,3-4H2,1-2H3;1H/p-1. The van der Waals surface area contributed by atoms with Crippen molar-refractivity contribution in [2.75, 3.05) is 6.54 Å². The third kappa shape index (κ3) is 3.25. The van der Waals surface area contributed by atoms with Crippen LogP contribution in [0.15, 0.2) is 39.1 Å². The minimum atomic E-state index is 0. The number of nitrogens with zero attached hydrogens (tertiary/aromatic N) is 2. The summed E-state index contributed by atoms with van der Waals surface area (Å²) in [6, 6.07) is 8.41. The van der Waals surface area contributed by atoms with E-state index in [-0.39, 0.29) is 12.4 Å². The molecule has 0 N–H and O–H groups in total. The highest BCUT2D eigenvalue weighted by Crippen LogP contribution is 2.22. The molecule has 2 nitrogen and oxygen atoms in total. The van der Waals surface area contributed by atoms with Gasteiger partial charge in [0, 0.05) is 22.9 Å². The van der Waals surface area contributed by atoms with E-state index in [4.69, 9.17) is 0 Å². The van der Waals surface area contributed by atoms with Crippen molar-refractivity contribution in [2.45, 2.75) is 20.4 Å². The molecular weight excluding hydrogens is 332 g/mol. The van der Waals surface area contributed by atoms with Gasteiger partial charge in [-0.25, -0.2) is 0 Å². The van der Waals surface area contributed by atoms with Gasteiger partial charge in [0.1, 0.15) is 0 Å². The maximum atomic E-state index is 4.51. The Morgan fingerprint density at radius 1 is 1.22 bits per heavy atom. The van der Waals surface area contributed by atoms with Crippen molar-refractivity contribution in [1.29, 1.82) is 0 Å². The number of aromatic nitrogens is 1. The van der Waals surface area contributed by atoms with E-state index in [0.717, 1.165) is 22.4 Å². The van der Waals surface area contributed by atoms with Crippen LogP contribution in [0.3, 0.4) is 0 Å². The fourth-order valence-corrected chi connectivity index (χ4v) is 3.05. The van der Waals surface area contributed by atoms with Gasteiger partial charge in [-0.05, 0) is 31.5 Å². The molecule has 0 aliphatic heterocycles. The van der Waals surface area contributed by atoms with Crippen molar-refractivity contribution in [3.63, 3.8) is 0 Å². The van der Waals surface area contributed by atoms with Gasteiger partial charge in [0.2, 0.25) is 0 Å². The number of benzene rings is 1. The van der Waals surface area contributed by atoms with E-state index in [1.165, 1.54) is 11.3 Å². The average molecular weight is 347 g/mol. The lowest BCUT2D eigenvalue weighted by molar-refractivity contribution is -0.00000341. The second kappa shape index (κ2) is 7.12. The molecule has 0 spiro atoms. The van der Waals surface area contributed by atoms with Crippen molar-refractivity contribution in [1.82, 2.24) is 4.57 Å². The molecule has 0 saturated carbocycles. The van der Waals surface area contributed by atoms with E-state index in [1.54, 1.807) is 11.3 Å². The van der Waals surface area contributed by atoms with Gasteiger partial charge in [-0.1, -0.05) is 28.1 Å². The van der Waals surface area contributed by atoms with Gasteiger partial charge in [-0.2, -0.15) is 0 Å². The minimum absolute atomic E-state index is 0. The summed E-state index contributed by atoms with van der Waals surface area (Å²) in [6.45, 7) is 6.01. The zero-order valence-corrected chi connectivity index (χ0v) is 13.5. The molecule has 0 unspecified atom stereocenters. The highest BCUT2D eigenvalue weighted by atomic mass is 79.9. The average Bonchev–Trinajstić information content (AvgIpc) is 2.73. The van der Waals surface area contributed by atoms with E-state index in [9.17, 15) is 0 Å². The fourth-order valence-electron chi connectivity index (χ4n) is 1.75. The summed E-state index contributed by atoms with van der Waals surface area (Å²) in [7, 11) is 0. The largest absolute Gasteiger partial charge is 1.00 e. The normalized spacial score (nSPS) is 11.4. The number of halogens is 2. The molecule has 0 bridgehead atoms. The van der Waals surface area contributed by atoms with E-state index in [2.05, 4.69) is 69.0 Å². The van der Waals surface area contributed by atoms with Crippen LogP contribution in [-0.2, 0) is 6.54 Å². The van der Waals surface area contributed by atoms with Gasteiger partial charge in [-0.15, -0.1) is 11.3 Å². The highest BCUT2D eigenvalue weighted by Gasteiger charge is 2.05. The third-order valence-corrected chi connectivity index (χ3v) is 3.98. The van der Waals surface area contributed by atoms with Gasteiger partial charge >= 0.3 is 0 Å². The molecule has 98 valence electrons. The quantitative estimate of drug-likeness (QED) is 0.786. The van der Waals surface area contributed by atoms with Crippen LogP contribution in [0.25, 0.3) is 11.3 Å².